The summed E-state index contributed by atoms with van der Waals surface area (Å²) in [5.74, 6) is 0.641. The highest BCUT2D eigenvalue weighted by atomic mass is 35.5. The number of unbranched alkanes of at least 4 members (excludes halogenated alkanes) is 2. The van der Waals surface area contributed by atoms with Gasteiger partial charge in [-0.15, -0.1) is 0 Å². The number of hydrogen-bond donors (Lipinski definition) is 2. The second kappa shape index (κ2) is 9.45. The van der Waals surface area contributed by atoms with Crippen LogP contribution in [0.4, 0.5) is 0 Å². The first-order chi connectivity index (χ1) is 8.75. The van der Waals surface area contributed by atoms with Crippen LogP contribution in [0.3, 0.4) is 0 Å². The largest absolute Gasteiger partial charge is 0.492 e. The van der Waals surface area contributed by atoms with Crippen LogP contribution in [0.2, 0.25) is 10.0 Å². The standard InChI is InChI=1S/C13H19Cl2NO2/c14-11-5-4-6-12(13(11)15)18-10-3-1-2-7-16-8-9-17/h4-6,16-17H,1-3,7-10H2. The van der Waals surface area contributed by atoms with E-state index in [1.54, 1.807) is 6.07 Å². The number of halogens is 2. The third kappa shape index (κ3) is 5.91. The molecule has 0 heterocycles. The Morgan fingerprint density at radius 2 is 1.94 bits per heavy atom. The fourth-order valence-corrected chi connectivity index (χ4v) is 1.86. The van der Waals surface area contributed by atoms with Gasteiger partial charge in [0.1, 0.15) is 10.8 Å². The van der Waals surface area contributed by atoms with Crippen molar-refractivity contribution in [3.8, 4) is 5.75 Å². The van der Waals surface area contributed by atoms with E-state index in [-0.39, 0.29) is 6.61 Å². The first-order valence-corrected chi connectivity index (χ1v) is 6.89. The van der Waals surface area contributed by atoms with Gasteiger partial charge in [-0.3, -0.25) is 0 Å². The normalized spacial score (nSPS) is 10.6. The van der Waals surface area contributed by atoms with E-state index >= 15 is 0 Å². The van der Waals surface area contributed by atoms with Gasteiger partial charge in [-0.2, -0.15) is 0 Å². The molecule has 1 aromatic rings. The van der Waals surface area contributed by atoms with Crippen LogP contribution >= 0.6 is 23.2 Å². The third-order valence-electron chi connectivity index (χ3n) is 2.46. The van der Waals surface area contributed by atoms with Crippen molar-refractivity contribution in [2.24, 2.45) is 0 Å². The molecule has 0 unspecified atom stereocenters. The van der Waals surface area contributed by atoms with Crippen molar-refractivity contribution in [2.45, 2.75) is 19.3 Å². The number of rotatable bonds is 9. The lowest BCUT2D eigenvalue weighted by Gasteiger charge is -2.08. The monoisotopic (exact) mass is 291 g/mol. The number of ether oxygens (including phenoxy) is 1. The second-order valence-corrected chi connectivity index (χ2v) is 4.72. The van der Waals surface area contributed by atoms with Gasteiger partial charge in [0, 0.05) is 6.54 Å². The summed E-state index contributed by atoms with van der Waals surface area (Å²) in [5, 5.41) is 12.7. The molecule has 0 saturated carbocycles. The van der Waals surface area contributed by atoms with E-state index in [1.807, 2.05) is 12.1 Å². The van der Waals surface area contributed by atoms with Crippen molar-refractivity contribution in [3.63, 3.8) is 0 Å². The summed E-state index contributed by atoms with van der Waals surface area (Å²) in [6.45, 7) is 2.42. The van der Waals surface area contributed by atoms with Gasteiger partial charge in [0.05, 0.1) is 18.2 Å². The van der Waals surface area contributed by atoms with E-state index in [1.165, 1.54) is 0 Å². The molecule has 0 spiro atoms. The Morgan fingerprint density at radius 1 is 1.11 bits per heavy atom. The van der Waals surface area contributed by atoms with Crippen molar-refractivity contribution in [3.05, 3.63) is 28.2 Å². The zero-order valence-corrected chi connectivity index (χ0v) is 11.8. The highest BCUT2D eigenvalue weighted by Crippen LogP contribution is 2.31. The van der Waals surface area contributed by atoms with Crippen LogP contribution in [0.1, 0.15) is 19.3 Å². The topological polar surface area (TPSA) is 41.5 Å². The van der Waals surface area contributed by atoms with Gasteiger partial charge in [0.2, 0.25) is 0 Å². The maximum atomic E-state index is 8.58. The Morgan fingerprint density at radius 3 is 2.72 bits per heavy atom. The predicted molar refractivity (Wildman–Crippen MR) is 75.8 cm³/mol. The third-order valence-corrected chi connectivity index (χ3v) is 3.26. The highest BCUT2D eigenvalue weighted by Gasteiger charge is 2.04. The molecular formula is C13H19Cl2NO2. The molecule has 1 rings (SSSR count). The lowest BCUT2D eigenvalue weighted by molar-refractivity contribution is 0.289. The summed E-state index contributed by atoms with van der Waals surface area (Å²) >= 11 is 11.9. The van der Waals surface area contributed by atoms with Crippen LogP contribution < -0.4 is 10.1 Å². The molecular weight excluding hydrogens is 273 g/mol. The molecule has 3 nitrogen and oxygen atoms in total. The van der Waals surface area contributed by atoms with Crippen LogP contribution in [0.15, 0.2) is 18.2 Å². The van der Waals surface area contributed by atoms with Gasteiger partial charge >= 0.3 is 0 Å². The smallest absolute Gasteiger partial charge is 0.139 e. The van der Waals surface area contributed by atoms with E-state index in [4.69, 9.17) is 33.0 Å². The molecule has 0 bridgehead atoms. The molecule has 0 aliphatic carbocycles. The van der Waals surface area contributed by atoms with Crippen molar-refractivity contribution in [2.75, 3.05) is 26.3 Å². The number of aliphatic hydroxyl groups excluding tert-OH is 1. The van der Waals surface area contributed by atoms with Crippen molar-refractivity contribution < 1.29 is 9.84 Å². The molecule has 5 heteroatoms. The van der Waals surface area contributed by atoms with E-state index < -0.39 is 0 Å². The first kappa shape index (κ1) is 15.6. The Labute approximate surface area is 118 Å². The molecule has 18 heavy (non-hydrogen) atoms. The Bertz CT molecular complexity index is 348. The molecule has 102 valence electrons. The van der Waals surface area contributed by atoms with Crippen LogP contribution in [0.5, 0.6) is 5.75 Å². The van der Waals surface area contributed by atoms with Gasteiger partial charge in [-0.1, -0.05) is 29.3 Å². The molecule has 0 aromatic heterocycles. The number of hydrogen-bond acceptors (Lipinski definition) is 3. The Hall–Kier alpha value is -0.480. The molecule has 0 amide bonds. The highest BCUT2D eigenvalue weighted by molar-refractivity contribution is 6.42. The van der Waals surface area contributed by atoms with E-state index in [0.29, 0.717) is 28.9 Å². The molecule has 2 N–H and O–H groups in total. The summed E-state index contributed by atoms with van der Waals surface area (Å²) in [4.78, 5) is 0. The summed E-state index contributed by atoms with van der Waals surface area (Å²) in [6.07, 6.45) is 3.13. The maximum Gasteiger partial charge on any atom is 0.139 e. The first-order valence-electron chi connectivity index (χ1n) is 6.14. The quantitative estimate of drug-likeness (QED) is 0.687. The minimum Gasteiger partial charge on any atom is -0.492 e. The molecule has 0 fully saturated rings. The van der Waals surface area contributed by atoms with E-state index in [2.05, 4.69) is 5.32 Å². The van der Waals surface area contributed by atoms with Crippen LogP contribution in [0.25, 0.3) is 0 Å². The SMILES string of the molecule is OCCNCCCCCOc1cccc(Cl)c1Cl. The average Bonchev–Trinajstić information content (AvgIpc) is 2.37. The summed E-state index contributed by atoms with van der Waals surface area (Å²) in [5.41, 5.74) is 0. The summed E-state index contributed by atoms with van der Waals surface area (Å²) in [7, 11) is 0. The minimum absolute atomic E-state index is 0.191. The zero-order chi connectivity index (χ0) is 13.2. The maximum absolute atomic E-state index is 8.58. The predicted octanol–water partition coefficient (Wildman–Crippen LogP) is 3.12. The lowest BCUT2D eigenvalue weighted by atomic mass is 10.2. The molecule has 0 radical (unpaired) electrons. The number of aliphatic hydroxyl groups is 1. The molecule has 0 saturated heterocycles. The van der Waals surface area contributed by atoms with Crippen molar-refractivity contribution in [1.29, 1.82) is 0 Å². The van der Waals surface area contributed by atoms with Crippen molar-refractivity contribution in [1.82, 2.24) is 5.32 Å². The fourth-order valence-electron chi connectivity index (χ4n) is 1.51. The van der Waals surface area contributed by atoms with Crippen LogP contribution in [0, 0.1) is 0 Å². The zero-order valence-electron chi connectivity index (χ0n) is 10.3. The van der Waals surface area contributed by atoms with Crippen molar-refractivity contribution >= 4 is 23.2 Å². The Kier molecular flexibility index (Phi) is 8.18. The molecule has 1 aromatic carbocycles. The van der Waals surface area contributed by atoms with E-state index in [9.17, 15) is 0 Å². The number of benzene rings is 1. The molecule has 0 atom stereocenters. The number of nitrogens with one attached hydrogen (secondary N) is 1. The van der Waals surface area contributed by atoms with Gasteiger partial charge in [0.15, 0.2) is 0 Å². The van der Waals surface area contributed by atoms with Gasteiger partial charge in [-0.05, 0) is 37.9 Å². The second-order valence-electron chi connectivity index (χ2n) is 3.93. The summed E-state index contributed by atoms with van der Waals surface area (Å²) < 4.78 is 5.57. The molecule has 0 aliphatic heterocycles. The summed E-state index contributed by atoms with van der Waals surface area (Å²) in [6, 6.07) is 5.38. The average molecular weight is 292 g/mol. The lowest BCUT2D eigenvalue weighted by Crippen LogP contribution is -2.19. The van der Waals surface area contributed by atoms with Gasteiger partial charge in [0.25, 0.3) is 0 Å². The Balaban J connectivity index is 2.09. The molecule has 0 aliphatic rings. The fraction of sp³-hybridized carbons (Fsp3) is 0.538. The van der Waals surface area contributed by atoms with Gasteiger partial charge < -0.3 is 15.2 Å². The van der Waals surface area contributed by atoms with E-state index in [0.717, 1.165) is 25.8 Å². The minimum atomic E-state index is 0.191. The van der Waals surface area contributed by atoms with Crippen LogP contribution in [-0.4, -0.2) is 31.4 Å². The van der Waals surface area contributed by atoms with Crippen LogP contribution in [-0.2, 0) is 0 Å². The van der Waals surface area contributed by atoms with Gasteiger partial charge in [-0.25, -0.2) is 0 Å².